The zero-order valence-corrected chi connectivity index (χ0v) is 13.1. The number of hydrogen-bond donors (Lipinski definition) is 3. The number of amides is 2. The summed E-state index contributed by atoms with van der Waals surface area (Å²) >= 11 is 1.94. The molecule has 4 nitrogen and oxygen atoms in total. The Balaban J connectivity index is 1.56. The zero-order chi connectivity index (χ0) is 14.9. The van der Waals surface area contributed by atoms with Crippen molar-refractivity contribution in [3.63, 3.8) is 0 Å². The molecule has 3 rings (SSSR count). The fourth-order valence-electron chi connectivity index (χ4n) is 3.24. The Morgan fingerprint density at radius 3 is 3.14 bits per heavy atom. The standard InChI is InChI=1S/C16H22N2O2S/c1-16(8-3-9-21-16)10-17-15(20)18-13-7-6-12-11(13)4-2-5-14(12)19/h2,4-5,13,19H,3,6-10H2,1H3,(H2,17,18,20)/t13-,16+/m1/s1. The van der Waals surface area contributed by atoms with E-state index in [9.17, 15) is 9.90 Å². The summed E-state index contributed by atoms with van der Waals surface area (Å²) in [5, 5.41) is 15.9. The predicted octanol–water partition coefficient (Wildman–Crippen LogP) is 2.96. The molecule has 1 aliphatic carbocycles. The minimum atomic E-state index is -0.107. The second-order valence-corrected chi connectivity index (χ2v) is 7.85. The fraction of sp³-hybridized carbons (Fsp3) is 0.562. The number of carbonyl (C=O) groups is 1. The molecule has 0 aromatic heterocycles. The van der Waals surface area contributed by atoms with Gasteiger partial charge in [0, 0.05) is 11.3 Å². The average Bonchev–Trinajstić information content (AvgIpc) is 3.06. The third-order valence-electron chi connectivity index (χ3n) is 4.47. The predicted molar refractivity (Wildman–Crippen MR) is 85.8 cm³/mol. The molecule has 1 aliphatic heterocycles. The van der Waals surface area contributed by atoms with Crippen LogP contribution in [0, 0.1) is 0 Å². The topological polar surface area (TPSA) is 61.4 Å². The Labute approximate surface area is 129 Å². The summed E-state index contributed by atoms with van der Waals surface area (Å²) in [7, 11) is 0. The van der Waals surface area contributed by atoms with Crippen molar-refractivity contribution in [1.82, 2.24) is 10.6 Å². The summed E-state index contributed by atoms with van der Waals surface area (Å²) < 4.78 is 0.184. The van der Waals surface area contributed by atoms with E-state index in [-0.39, 0.29) is 16.8 Å². The molecule has 1 aromatic carbocycles. The Morgan fingerprint density at radius 2 is 2.38 bits per heavy atom. The number of urea groups is 1. The molecule has 0 bridgehead atoms. The largest absolute Gasteiger partial charge is 0.508 e. The number of phenolic OH excluding ortho intramolecular Hbond substituents is 1. The Bertz CT molecular complexity index is 541. The number of nitrogens with one attached hydrogen (secondary N) is 2. The van der Waals surface area contributed by atoms with Crippen molar-refractivity contribution < 1.29 is 9.90 Å². The number of phenols is 1. The van der Waals surface area contributed by atoms with Gasteiger partial charge < -0.3 is 15.7 Å². The van der Waals surface area contributed by atoms with E-state index >= 15 is 0 Å². The molecule has 1 saturated heterocycles. The fourth-order valence-corrected chi connectivity index (χ4v) is 4.48. The van der Waals surface area contributed by atoms with E-state index < -0.39 is 0 Å². The van der Waals surface area contributed by atoms with Crippen molar-refractivity contribution in [2.75, 3.05) is 12.3 Å². The van der Waals surface area contributed by atoms with Crippen LogP contribution in [-0.4, -0.2) is 28.2 Å². The molecule has 5 heteroatoms. The van der Waals surface area contributed by atoms with Crippen LogP contribution in [0.3, 0.4) is 0 Å². The van der Waals surface area contributed by atoms with E-state index in [4.69, 9.17) is 0 Å². The monoisotopic (exact) mass is 306 g/mol. The van der Waals surface area contributed by atoms with Crippen LogP contribution >= 0.6 is 11.8 Å². The second-order valence-electron chi connectivity index (χ2n) is 6.17. The van der Waals surface area contributed by atoms with Gasteiger partial charge in [0.05, 0.1) is 6.04 Å². The summed E-state index contributed by atoms with van der Waals surface area (Å²) in [4.78, 5) is 12.1. The third-order valence-corrected chi connectivity index (χ3v) is 6.01. The van der Waals surface area contributed by atoms with Crippen LogP contribution in [0.4, 0.5) is 4.79 Å². The Morgan fingerprint density at radius 1 is 1.52 bits per heavy atom. The summed E-state index contributed by atoms with van der Waals surface area (Å²) in [5.74, 6) is 1.53. The van der Waals surface area contributed by atoms with Crippen molar-refractivity contribution in [1.29, 1.82) is 0 Å². The number of benzene rings is 1. The minimum Gasteiger partial charge on any atom is -0.508 e. The molecule has 0 spiro atoms. The molecular formula is C16H22N2O2S. The van der Waals surface area contributed by atoms with Crippen LogP contribution in [0.5, 0.6) is 5.75 Å². The van der Waals surface area contributed by atoms with Crippen LogP contribution < -0.4 is 10.6 Å². The van der Waals surface area contributed by atoms with Crippen LogP contribution in [-0.2, 0) is 6.42 Å². The lowest BCUT2D eigenvalue weighted by atomic mass is 10.1. The van der Waals surface area contributed by atoms with Crippen LogP contribution in [0.2, 0.25) is 0 Å². The van der Waals surface area contributed by atoms with E-state index in [1.165, 1.54) is 12.2 Å². The molecule has 2 amide bonds. The number of hydrogen-bond acceptors (Lipinski definition) is 3. The van der Waals surface area contributed by atoms with Crippen molar-refractivity contribution in [2.45, 2.75) is 43.4 Å². The van der Waals surface area contributed by atoms with Gasteiger partial charge in [0.25, 0.3) is 0 Å². The number of fused-ring (bicyclic) bond motifs is 1. The van der Waals surface area contributed by atoms with Gasteiger partial charge in [-0.3, -0.25) is 0 Å². The molecule has 1 fully saturated rings. The van der Waals surface area contributed by atoms with Crippen molar-refractivity contribution >= 4 is 17.8 Å². The van der Waals surface area contributed by atoms with Crippen LogP contribution in [0.25, 0.3) is 0 Å². The molecule has 0 saturated carbocycles. The maximum absolute atomic E-state index is 12.1. The molecule has 2 aliphatic rings. The highest BCUT2D eigenvalue weighted by molar-refractivity contribution is 8.00. The maximum atomic E-state index is 12.1. The van der Waals surface area contributed by atoms with Crippen molar-refractivity contribution in [3.8, 4) is 5.75 Å². The summed E-state index contributed by atoms with van der Waals surface area (Å²) in [5.41, 5.74) is 2.02. The first-order valence-electron chi connectivity index (χ1n) is 7.56. The van der Waals surface area contributed by atoms with Gasteiger partial charge in [-0.25, -0.2) is 4.79 Å². The van der Waals surface area contributed by atoms with Crippen molar-refractivity contribution in [2.24, 2.45) is 0 Å². The SMILES string of the molecule is C[C@@]1(CNC(=O)N[C@@H]2CCc3c(O)cccc32)CCCS1. The first-order chi connectivity index (χ1) is 10.1. The molecule has 3 N–H and O–H groups in total. The quantitative estimate of drug-likeness (QED) is 0.804. The van der Waals surface area contributed by atoms with Gasteiger partial charge in [-0.05, 0) is 55.6 Å². The lowest BCUT2D eigenvalue weighted by Gasteiger charge is -2.24. The molecule has 0 unspecified atom stereocenters. The average molecular weight is 306 g/mol. The van der Waals surface area contributed by atoms with Gasteiger partial charge in [-0.15, -0.1) is 0 Å². The normalized spacial score (nSPS) is 27.4. The van der Waals surface area contributed by atoms with E-state index in [1.54, 1.807) is 6.07 Å². The highest BCUT2D eigenvalue weighted by Gasteiger charge is 2.30. The highest BCUT2D eigenvalue weighted by Crippen LogP contribution is 2.37. The third kappa shape index (κ3) is 3.12. The van der Waals surface area contributed by atoms with Crippen LogP contribution in [0.1, 0.15) is 43.4 Å². The first kappa shape index (κ1) is 14.6. The highest BCUT2D eigenvalue weighted by atomic mass is 32.2. The van der Waals surface area contributed by atoms with E-state index in [2.05, 4.69) is 17.6 Å². The molecule has 1 aromatic rings. The number of aromatic hydroxyl groups is 1. The van der Waals surface area contributed by atoms with Gasteiger partial charge >= 0.3 is 6.03 Å². The molecule has 1 heterocycles. The van der Waals surface area contributed by atoms with E-state index in [0.29, 0.717) is 12.3 Å². The lowest BCUT2D eigenvalue weighted by Crippen LogP contribution is -2.43. The Kier molecular flexibility index (Phi) is 4.02. The van der Waals surface area contributed by atoms with Crippen LogP contribution in [0.15, 0.2) is 18.2 Å². The summed E-state index contributed by atoms with van der Waals surface area (Å²) in [6, 6.07) is 5.43. The zero-order valence-electron chi connectivity index (χ0n) is 12.3. The molecule has 21 heavy (non-hydrogen) atoms. The van der Waals surface area contributed by atoms with Gasteiger partial charge in [0.15, 0.2) is 0 Å². The smallest absolute Gasteiger partial charge is 0.315 e. The molecule has 0 radical (unpaired) electrons. The number of rotatable bonds is 3. The van der Waals surface area contributed by atoms with Gasteiger partial charge in [0.1, 0.15) is 5.75 Å². The summed E-state index contributed by atoms with van der Waals surface area (Å²) in [6.07, 6.45) is 4.07. The number of carbonyl (C=O) groups excluding carboxylic acids is 1. The van der Waals surface area contributed by atoms with Gasteiger partial charge in [-0.2, -0.15) is 11.8 Å². The lowest BCUT2D eigenvalue weighted by molar-refractivity contribution is 0.236. The molecule has 114 valence electrons. The molecule has 2 atom stereocenters. The molecular weight excluding hydrogens is 284 g/mol. The maximum Gasteiger partial charge on any atom is 0.315 e. The Hall–Kier alpha value is -1.36. The minimum absolute atomic E-state index is 0.0103. The van der Waals surface area contributed by atoms with E-state index in [1.807, 2.05) is 23.9 Å². The van der Waals surface area contributed by atoms with Gasteiger partial charge in [0.2, 0.25) is 0 Å². The second kappa shape index (κ2) is 5.79. The first-order valence-corrected chi connectivity index (χ1v) is 8.55. The summed E-state index contributed by atoms with van der Waals surface area (Å²) in [6.45, 7) is 2.93. The van der Waals surface area contributed by atoms with Crippen molar-refractivity contribution in [3.05, 3.63) is 29.3 Å². The van der Waals surface area contributed by atoms with Gasteiger partial charge in [-0.1, -0.05) is 12.1 Å². The number of thioether (sulfide) groups is 1. The van der Waals surface area contributed by atoms with E-state index in [0.717, 1.165) is 30.4 Å².